The number of anilines is 1. The number of oxime groups is 1. The van der Waals surface area contributed by atoms with E-state index in [1.165, 1.54) is 32.1 Å². The minimum atomic E-state index is -3.69. The van der Waals surface area contributed by atoms with Crippen LogP contribution in [0.3, 0.4) is 0 Å². The Morgan fingerprint density at radius 3 is 2.70 bits per heavy atom. The summed E-state index contributed by atoms with van der Waals surface area (Å²) in [7, 11) is -1.34. The lowest BCUT2D eigenvalue weighted by Gasteiger charge is -2.50. The number of carboxylic acid groups (broad SMARTS) is 1. The Hall–Kier alpha value is -3.63. The lowest BCUT2D eigenvalue weighted by atomic mass is 10.0. The summed E-state index contributed by atoms with van der Waals surface area (Å²) >= 11 is 2.06. The fourth-order valence-electron chi connectivity index (χ4n) is 3.75. The van der Waals surface area contributed by atoms with Crippen LogP contribution >= 0.6 is 31.0 Å². The summed E-state index contributed by atoms with van der Waals surface area (Å²) < 4.78 is 27.8. The van der Waals surface area contributed by atoms with E-state index in [4.69, 9.17) is 13.9 Å². The molecular weight excluding hydrogens is 585 g/mol. The van der Waals surface area contributed by atoms with E-state index in [9.17, 15) is 24.1 Å². The number of thioether (sulfide) groups is 1. The first-order chi connectivity index (χ1) is 19.2. The van der Waals surface area contributed by atoms with Gasteiger partial charge in [0.25, 0.3) is 11.8 Å². The van der Waals surface area contributed by atoms with Gasteiger partial charge >= 0.3 is 7.75 Å². The Kier molecular flexibility index (Phi) is 9.32. The molecule has 2 aliphatic rings. The zero-order valence-electron chi connectivity index (χ0n) is 21.2. The van der Waals surface area contributed by atoms with Crippen molar-refractivity contribution < 1.29 is 42.5 Å². The maximum Gasteiger partial charge on any atom is 0.434 e. The van der Waals surface area contributed by atoms with Crippen LogP contribution in [0.4, 0.5) is 5.13 Å². The lowest BCUT2D eigenvalue weighted by molar-refractivity contribution is -0.689. The molecule has 1 saturated heterocycles. The average Bonchev–Trinajstić information content (AvgIpc) is 3.41. The molecule has 0 radical (unpaired) electrons. The predicted molar refractivity (Wildman–Crippen MR) is 142 cm³/mol. The molecule has 40 heavy (non-hydrogen) atoms. The molecule has 2 aliphatic heterocycles. The number of aliphatic carboxylic acids is 1. The molecule has 0 aromatic carbocycles. The number of pyridine rings is 1. The molecular formula is C22H24N7O8PS2. The summed E-state index contributed by atoms with van der Waals surface area (Å²) in [5.41, 5.74) is -0.0807. The molecule has 2 N–H and O–H groups in total. The van der Waals surface area contributed by atoms with Crippen LogP contribution in [0.1, 0.15) is 5.82 Å². The van der Waals surface area contributed by atoms with E-state index >= 15 is 0 Å². The van der Waals surface area contributed by atoms with Crippen molar-refractivity contribution in [3.05, 3.63) is 60.3 Å². The van der Waals surface area contributed by atoms with Crippen molar-refractivity contribution in [1.82, 2.24) is 19.6 Å². The maximum atomic E-state index is 13.2. The van der Waals surface area contributed by atoms with Gasteiger partial charge in [0.15, 0.2) is 18.9 Å². The van der Waals surface area contributed by atoms with Crippen molar-refractivity contribution in [2.75, 3.05) is 31.7 Å². The smallest absolute Gasteiger partial charge is 0.434 e. The van der Waals surface area contributed by atoms with Gasteiger partial charge < -0.3 is 20.1 Å². The third-order valence-corrected chi connectivity index (χ3v) is 9.16. The Labute approximate surface area is 236 Å². The molecule has 0 spiro atoms. The van der Waals surface area contributed by atoms with Crippen LogP contribution in [0.15, 0.2) is 59.7 Å². The summed E-state index contributed by atoms with van der Waals surface area (Å²) in [5, 5.41) is 20.2. The molecule has 2 amide bonds. The highest BCUT2D eigenvalue weighted by Crippen LogP contribution is 2.46. The highest BCUT2D eigenvalue weighted by molar-refractivity contribution is 8.00. The summed E-state index contributed by atoms with van der Waals surface area (Å²) in [5.74, 6) is -2.84. The second kappa shape index (κ2) is 12.7. The second-order valence-electron chi connectivity index (χ2n) is 8.07. The molecule has 0 aliphatic carbocycles. The van der Waals surface area contributed by atoms with E-state index in [2.05, 4.69) is 31.5 Å². The van der Waals surface area contributed by atoms with Gasteiger partial charge in [0, 0.05) is 49.2 Å². The number of amides is 2. The topological polar surface area (TPSA) is 188 Å². The van der Waals surface area contributed by atoms with Crippen molar-refractivity contribution in [3.8, 4) is 0 Å². The number of fused-ring (bicyclic) bond motifs is 1. The summed E-state index contributed by atoms with van der Waals surface area (Å²) in [4.78, 5) is 48.6. The zero-order valence-corrected chi connectivity index (χ0v) is 23.7. The van der Waals surface area contributed by atoms with Gasteiger partial charge in [-0.05, 0) is 0 Å². The number of nitrogens with zero attached hydrogens (tertiary/aromatic N) is 5. The maximum absolute atomic E-state index is 13.2. The van der Waals surface area contributed by atoms with Gasteiger partial charge in [0.1, 0.15) is 18.0 Å². The van der Waals surface area contributed by atoms with Crippen LogP contribution in [-0.2, 0) is 39.4 Å². The van der Waals surface area contributed by atoms with Crippen LogP contribution in [0.25, 0.3) is 0 Å². The van der Waals surface area contributed by atoms with Crippen LogP contribution < -0.4 is 20.1 Å². The molecule has 2 aromatic rings. The summed E-state index contributed by atoms with van der Waals surface area (Å²) in [6.45, 7) is 3.73. The van der Waals surface area contributed by atoms with Gasteiger partial charge in [-0.15, -0.1) is 11.8 Å². The molecule has 18 heteroatoms. The van der Waals surface area contributed by atoms with Gasteiger partial charge in [-0.1, -0.05) is 23.9 Å². The minimum Gasteiger partial charge on any atom is -0.543 e. The van der Waals surface area contributed by atoms with E-state index in [0.717, 1.165) is 16.4 Å². The molecule has 0 saturated carbocycles. The largest absolute Gasteiger partial charge is 0.543 e. The molecule has 4 rings (SSSR count). The Balaban J connectivity index is 1.52. The number of aromatic nitrogens is 3. The first-order valence-corrected chi connectivity index (χ1v) is 14.9. The van der Waals surface area contributed by atoms with Crippen molar-refractivity contribution >= 4 is 59.7 Å². The average molecular weight is 610 g/mol. The first-order valence-electron chi connectivity index (χ1n) is 11.5. The van der Waals surface area contributed by atoms with E-state index in [1.807, 2.05) is 6.07 Å². The molecule has 2 aromatic heterocycles. The molecule has 4 heterocycles. The number of nitrogens with one attached hydrogen (secondary N) is 2. The van der Waals surface area contributed by atoms with Crippen LogP contribution in [0.2, 0.25) is 0 Å². The fraction of sp³-hybridized carbons (Fsp3) is 0.318. The van der Waals surface area contributed by atoms with Crippen LogP contribution in [-0.4, -0.2) is 75.7 Å². The summed E-state index contributed by atoms with van der Waals surface area (Å²) in [6, 6.07) is 4.39. The predicted octanol–water partition coefficient (Wildman–Crippen LogP) is -0.351. The number of rotatable bonds is 13. The van der Waals surface area contributed by atoms with E-state index < -0.39 is 36.9 Å². The van der Waals surface area contributed by atoms with E-state index in [1.54, 1.807) is 29.1 Å². The third-order valence-electron chi connectivity index (χ3n) is 5.59. The standard InChI is InChI=1S/C22H24N7O8PS2/c1-4-10-37-25-14(17-24-22(40-27-17)26-38(34,35-2)36-3)18(30)23-15-19(31)29-16(21(32)33)13(12-39-20(15)29)11-28-8-6-5-7-9-28/h4-9,15,20H,1,10-12H2,2-3H3,(H2-,23,24,26,27,30,32,33,34)/b25-14-/t15?,20-/m1/s1. The van der Waals surface area contributed by atoms with Gasteiger partial charge in [0.2, 0.25) is 16.7 Å². The van der Waals surface area contributed by atoms with Gasteiger partial charge in [-0.3, -0.25) is 28.6 Å². The number of carbonyl (C=O) groups is 3. The lowest BCUT2D eigenvalue weighted by Crippen LogP contribution is -2.71. The number of hydrogen-bond donors (Lipinski definition) is 2. The SMILES string of the molecule is C=CCO/N=C(\C(=O)NC1C(=O)N2C(C(=O)[O-])=C(C[n+]3ccccc3)CS[C@H]12)c1nsc(NP(=O)(OC)OC)n1. The Morgan fingerprint density at radius 1 is 1.32 bits per heavy atom. The monoisotopic (exact) mass is 609 g/mol. The van der Waals surface area contributed by atoms with Gasteiger partial charge in [0.05, 0.1) is 11.7 Å². The molecule has 15 nitrogen and oxygen atoms in total. The zero-order chi connectivity index (χ0) is 28.9. The number of carboxylic acids is 1. The quantitative estimate of drug-likeness (QED) is 0.0572. The van der Waals surface area contributed by atoms with Gasteiger partial charge in [-0.2, -0.15) is 9.36 Å². The van der Waals surface area contributed by atoms with Gasteiger partial charge in [-0.25, -0.2) is 9.13 Å². The van der Waals surface area contributed by atoms with Crippen molar-refractivity contribution in [2.45, 2.75) is 18.0 Å². The summed E-state index contributed by atoms with van der Waals surface area (Å²) in [6.07, 6.45) is 4.96. The minimum absolute atomic E-state index is 0.00698. The van der Waals surface area contributed by atoms with Crippen LogP contribution in [0.5, 0.6) is 0 Å². The molecule has 1 fully saturated rings. The molecule has 212 valence electrons. The van der Waals surface area contributed by atoms with Crippen molar-refractivity contribution in [1.29, 1.82) is 0 Å². The van der Waals surface area contributed by atoms with E-state index in [-0.39, 0.29) is 35.5 Å². The Morgan fingerprint density at radius 2 is 2.05 bits per heavy atom. The van der Waals surface area contributed by atoms with E-state index in [0.29, 0.717) is 11.3 Å². The van der Waals surface area contributed by atoms with Crippen molar-refractivity contribution in [2.24, 2.45) is 5.16 Å². The van der Waals surface area contributed by atoms with Crippen LogP contribution in [0, 0.1) is 0 Å². The number of hydrogen-bond acceptors (Lipinski definition) is 13. The first kappa shape index (κ1) is 29.4. The highest BCUT2D eigenvalue weighted by Gasteiger charge is 2.53. The second-order valence-corrected chi connectivity index (χ2v) is 11.9. The molecule has 1 unspecified atom stereocenters. The normalized spacial score (nSPS) is 19.0. The molecule has 0 bridgehead atoms. The number of carbonyl (C=O) groups excluding carboxylic acids is 3. The number of β-lactam (4-membered cyclic amide) rings is 1. The Bertz CT molecular complexity index is 1410. The third kappa shape index (κ3) is 6.23. The fourth-order valence-corrected chi connectivity index (χ4v) is 6.63. The van der Waals surface area contributed by atoms with Crippen molar-refractivity contribution in [3.63, 3.8) is 0 Å². The highest BCUT2D eigenvalue weighted by atomic mass is 32.2. The molecule has 2 atom stereocenters.